The minimum Gasteiger partial charge on any atom is -0.369 e. The van der Waals surface area contributed by atoms with Crippen molar-refractivity contribution in [3.63, 3.8) is 0 Å². The average Bonchev–Trinajstić information content (AvgIpc) is 2.47. The van der Waals surface area contributed by atoms with E-state index in [1.54, 1.807) is 18.3 Å². The summed E-state index contributed by atoms with van der Waals surface area (Å²) in [6.45, 7) is 1.82. The molecule has 0 bridgehead atoms. The Hall–Kier alpha value is -2.63. The summed E-state index contributed by atoms with van der Waals surface area (Å²) in [4.78, 5) is 29.9. The van der Waals surface area contributed by atoms with Crippen molar-refractivity contribution in [1.29, 1.82) is 0 Å². The normalized spacial score (nSPS) is 20.9. The van der Waals surface area contributed by atoms with Gasteiger partial charge in [0.05, 0.1) is 0 Å². The average molecular weight is 300 g/mol. The SMILES string of the molecule is CC1=CC=C(C(N)=O)CC1(C(N)=O)c1ccc(N(C)C)nc1. The molecule has 0 radical (unpaired) electrons. The lowest BCUT2D eigenvalue weighted by Gasteiger charge is -2.34. The lowest BCUT2D eigenvalue weighted by Crippen LogP contribution is -2.45. The number of carbonyl (C=O) groups is 2. The van der Waals surface area contributed by atoms with Crippen LogP contribution in [0.1, 0.15) is 18.9 Å². The second-order valence-corrected chi connectivity index (χ2v) is 5.65. The first-order valence-electron chi connectivity index (χ1n) is 6.90. The van der Waals surface area contributed by atoms with Crippen LogP contribution in [0.4, 0.5) is 5.82 Å². The number of rotatable bonds is 4. The Morgan fingerprint density at radius 3 is 2.36 bits per heavy atom. The standard InChI is InChI=1S/C16H20N4O2/c1-10-4-5-11(14(17)21)8-16(10,15(18)22)12-6-7-13(19-9-12)20(2)3/h4-7,9H,8H2,1-3H3,(H2,17,21)(H2,18,22). The number of pyridine rings is 1. The molecule has 0 aliphatic heterocycles. The number of hydrogen-bond donors (Lipinski definition) is 2. The summed E-state index contributed by atoms with van der Waals surface area (Å²) >= 11 is 0. The summed E-state index contributed by atoms with van der Waals surface area (Å²) in [5.74, 6) is -0.300. The largest absolute Gasteiger partial charge is 0.369 e. The second-order valence-electron chi connectivity index (χ2n) is 5.65. The summed E-state index contributed by atoms with van der Waals surface area (Å²) in [6, 6.07) is 3.63. The monoisotopic (exact) mass is 300 g/mol. The Morgan fingerprint density at radius 2 is 1.91 bits per heavy atom. The minimum absolute atomic E-state index is 0.156. The molecule has 0 saturated carbocycles. The van der Waals surface area contributed by atoms with Crippen LogP contribution in [0.25, 0.3) is 0 Å². The zero-order valence-electron chi connectivity index (χ0n) is 13.0. The van der Waals surface area contributed by atoms with E-state index >= 15 is 0 Å². The maximum atomic E-state index is 12.2. The van der Waals surface area contributed by atoms with Gasteiger partial charge in [-0.2, -0.15) is 0 Å². The van der Waals surface area contributed by atoms with Gasteiger partial charge in [-0.25, -0.2) is 4.98 Å². The summed E-state index contributed by atoms with van der Waals surface area (Å²) in [5, 5.41) is 0. The third-order valence-electron chi connectivity index (χ3n) is 4.10. The van der Waals surface area contributed by atoms with Crippen LogP contribution in [-0.2, 0) is 15.0 Å². The van der Waals surface area contributed by atoms with E-state index in [9.17, 15) is 9.59 Å². The number of nitrogens with zero attached hydrogens (tertiary/aromatic N) is 2. The van der Waals surface area contributed by atoms with Crippen molar-refractivity contribution < 1.29 is 9.59 Å². The van der Waals surface area contributed by atoms with Crippen LogP contribution in [0.2, 0.25) is 0 Å². The van der Waals surface area contributed by atoms with Crippen molar-refractivity contribution in [2.45, 2.75) is 18.8 Å². The molecule has 1 aromatic rings. The quantitative estimate of drug-likeness (QED) is 0.851. The first-order chi connectivity index (χ1) is 10.3. The fourth-order valence-corrected chi connectivity index (χ4v) is 2.68. The molecule has 1 aromatic heterocycles. The molecule has 2 amide bonds. The van der Waals surface area contributed by atoms with Gasteiger partial charge in [-0.15, -0.1) is 0 Å². The van der Waals surface area contributed by atoms with Gasteiger partial charge in [0.1, 0.15) is 11.2 Å². The number of aromatic nitrogens is 1. The molecule has 6 heteroatoms. The van der Waals surface area contributed by atoms with Crippen LogP contribution in [0.15, 0.2) is 41.6 Å². The van der Waals surface area contributed by atoms with E-state index in [-0.39, 0.29) is 6.42 Å². The summed E-state index contributed by atoms with van der Waals surface area (Å²) in [5.41, 5.74) is 11.8. The number of hydrogen-bond acceptors (Lipinski definition) is 4. The molecule has 1 heterocycles. The van der Waals surface area contributed by atoms with Crippen LogP contribution in [-0.4, -0.2) is 30.9 Å². The third-order valence-corrected chi connectivity index (χ3v) is 4.10. The van der Waals surface area contributed by atoms with Gasteiger partial charge >= 0.3 is 0 Å². The highest BCUT2D eigenvalue weighted by Gasteiger charge is 2.43. The number of amides is 2. The van der Waals surface area contributed by atoms with Gasteiger partial charge in [-0.05, 0) is 18.6 Å². The lowest BCUT2D eigenvalue weighted by atomic mass is 9.68. The molecule has 0 saturated heterocycles. The molecule has 2 rings (SSSR count). The Bertz CT molecular complexity index is 674. The van der Waals surface area contributed by atoms with E-state index < -0.39 is 17.2 Å². The van der Waals surface area contributed by atoms with Crippen molar-refractivity contribution in [1.82, 2.24) is 4.98 Å². The van der Waals surface area contributed by atoms with Crippen molar-refractivity contribution >= 4 is 17.6 Å². The molecule has 1 aliphatic rings. The highest BCUT2D eigenvalue weighted by molar-refractivity contribution is 5.98. The van der Waals surface area contributed by atoms with Gasteiger partial charge in [0.25, 0.3) is 0 Å². The first kappa shape index (κ1) is 15.8. The van der Waals surface area contributed by atoms with Crippen LogP contribution >= 0.6 is 0 Å². The molecule has 6 nitrogen and oxygen atoms in total. The molecule has 1 aliphatic carbocycles. The first-order valence-corrected chi connectivity index (χ1v) is 6.90. The van der Waals surface area contributed by atoms with Gasteiger partial charge in [0.2, 0.25) is 11.8 Å². The van der Waals surface area contributed by atoms with E-state index in [1.807, 2.05) is 38.1 Å². The topological polar surface area (TPSA) is 102 Å². The van der Waals surface area contributed by atoms with Gasteiger partial charge in [0.15, 0.2) is 0 Å². The van der Waals surface area contributed by atoms with Gasteiger partial charge in [-0.1, -0.05) is 23.8 Å². The smallest absolute Gasteiger partial charge is 0.244 e. The minimum atomic E-state index is -1.09. The Labute approximate surface area is 129 Å². The number of anilines is 1. The Morgan fingerprint density at radius 1 is 1.23 bits per heavy atom. The number of carbonyl (C=O) groups excluding carboxylic acids is 2. The zero-order chi connectivity index (χ0) is 16.5. The lowest BCUT2D eigenvalue weighted by molar-refractivity contribution is -0.122. The maximum Gasteiger partial charge on any atom is 0.244 e. The van der Waals surface area contributed by atoms with Gasteiger partial charge < -0.3 is 16.4 Å². The van der Waals surface area contributed by atoms with Crippen molar-refractivity contribution in [2.75, 3.05) is 19.0 Å². The molecule has 0 aromatic carbocycles. The Kier molecular flexibility index (Phi) is 4.03. The zero-order valence-corrected chi connectivity index (χ0v) is 13.0. The van der Waals surface area contributed by atoms with Crippen LogP contribution in [0, 0.1) is 0 Å². The molecule has 4 N–H and O–H groups in total. The van der Waals surface area contributed by atoms with E-state index in [2.05, 4.69) is 4.98 Å². The van der Waals surface area contributed by atoms with Gasteiger partial charge in [0, 0.05) is 32.3 Å². The predicted molar refractivity (Wildman–Crippen MR) is 85.1 cm³/mol. The Balaban J connectivity index is 2.55. The summed E-state index contributed by atoms with van der Waals surface area (Å²) in [6.07, 6.45) is 5.14. The summed E-state index contributed by atoms with van der Waals surface area (Å²) < 4.78 is 0. The second kappa shape index (κ2) is 5.63. The molecule has 1 unspecified atom stereocenters. The molecule has 0 fully saturated rings. The fourth-order valence-electron chi connectivity index (χ4n) is 2.68. The van der Waals surface area contributed by atoms with E-state index in [0.717, 1.165) is 11.4 Å². The van der Waals surface area contributed by atoms with E-state index in [1.165, 1.54) is 0 Å². The third kappa shape index (κ3) is 2.47. The molecule has 1 atom stereocenters. The molecule has 116 valence electrons. The molecular formula is C16H20N4O2. The number of nitrogens with two attached hydrogens (primary N) is 2. The van der Waals surface area contributed by atoms with Crippen molar-refractivity contribution in [3.05, 3.63) is 47.2 Å². The molecule has 22 heavy (non-hydrogen) atoms. The van der Waals surface area contributed by atoms with Gasteiger partial charge in [-0.3, -0.25) is 9.59 Å². The number of primary amides is 2. The molecular weight excluding hydrogens is 280 g/mol. The van der Waals surface area contributed by atoms with E-state index in [4.69, 9.17) is 11.5 Å². The summed E-state index contributed by atoms with van der Waals surface area (Å²) in [7, 11) is 3.76. The van der Waals surface area contributed by atoms with Crippen LogP contribution < -0.4 is 16.4 Å². The van der Waals surface area contributed by atoms with Crippen molar-refractivity contribution in [3.8, 4) is 0 Å². The maximum absolute atomic E-state index is 12.2. The number of allylic oxidation sites excluding steroid dienone is 2. The highest BCUT2D eigenvalue weighted by Crippen LogP contribution is 2.40. The van der Waals surface area contributed by atoms with E-state index in [0.29, 0.717) is 11.1 Å². The van der Waals surface area contributed by atoms with Crippen LogP contribution in [0.5, 0.6) is 0 Å². The van der Waals surface area contributed by atoms with Crippen LogP contribution in [0.3, 0.4) is 0 Å². The van der Waals surface area contributed by atoms with Crippen molar-refractivity contribution in [2.24, 2.45) is 11.5 Å². The molecule has 0 spiro atoms. The highest BCUT2D eigenvalue weighted by atomic mass is 16.1. The fraction of sp³-hybridized carbons (Fsp3) is 0.312. The predicted octanol–water partition coefficient (Wildman–Crippen LogP) is 0.632.